The fraction of sp³-hybridized carbons (Fsp3) is 0.429. The van der Waals surface area contributed by atoms with E-state index in [4.69, 9.17) is 0 Å². The molecule has 0 amide bonds. The molecule has 1 aliphatic rings. The second kappa shape index (κ2) is 2.90. The van der Waals surface area contributed by atoms with Crippen molar-refractivity contribution in [3.8, 4) is 0 Å². The molecule has 9 heavy (non-hydrogen) atoms. The molecule has 0 aromatic carbocycles. The number of halogens is 2. The van der Waals surface area contributed by atoms with Gasteiger partial charge in [0, 0.05) is 3.42 Å². The Kier molecular flexibility index (Phi) is 2.59. The maximum absolute atomic E-state index is 2.47. The lowest BCUT2D eigenvalue weighted by Crippen LogP contribution is -2.12. The lowest BCUT2D eigenvalue weighted by Gasteiger charge is -2.19. The van der Waals surface area contributed by atoms with E-state index in [9.17, 15) is 0 Å². The third-order valence-corrected chi connectivity index (χ3v) is 2.72. The molecule has 1 unspecified atom stereocenters. The summed E-state index contributed by atoms with van der Waals surface area (Å²) in [4.78, 5) is 0. The summed E-state index contributed by atoms with van der Waals surface area (Å²) in [7, 11) is 0. The molecule has 0 nitrogen and oxygen atoms in total. The molecule has 0 radical (unpaired) electrons. The minimum Gasteiger partial charge on any atom is -0.0742 e. The first-order chi connectivity index (χ1) is 4.10. The molecule has 0 aromatic heterocycles. The smallest absolute Gasteiger partial charge is 0.0420 e. The van der Waals surface area contributed by atoms with Gasteiger partial charge in [0.2, 0.25) is 0 Å². The monoisotopic (exact) mass is 346 g/mol. The fourth-order valence-electron chi connectivity index (χ4n) is 0.801. The largest absolute Gasteiger partial charge is 0.0742 e. The van der Waals surface area contributed by atoms with Crippen LogP contribution in [-0.2, 0) is 0 Å². The van der Waals surface area contributed by atoms with E-state index in [-0.39, 0.29) is 0 Å². The zero-order valence-electron chi connectivity index (χ0n) is 5.20. The van der Waals surface area contributed by atoms with Crippen molar-refractivity contribution in [2.75, 3.05) is 0 Å². The summed E-state index contributed by atoms with van der Waals surface area (Å²) in [6, 6.07) is 0. The predicted molar refractivity (Wildman–Crippen MR) is 58.3 cm³/mol. The molecule has 1 atom stereocenters. The van der Waals surface area contributed by atoms with Crippen molar-refractivity contribution >= 4 is 45.2 Å². The normalized spacial score (nSPS) is 34.3. The Hall–Kier alpha value is 0.940. The van der Waals surface area contributed by atoms with E-state index >= 15 is 0 Å². The second-order valence-corrected chi connectivity index (χ2v) is 6.28. The Morgan fingerprint density at radius 3 is 2.67 bits per heavy atom. The quantitative estimate of drug-likeness (QED) is 0.466. The van der Waals surface area contributed by atoms with E-state index in [0.29, 0.717) is 3.42 Å². The van der Waals surface area contributed by atoms with Crippen LogP contribution < -0.4 is 0 Å². The summed E-state index contributed by atoms with van der Waals surface area (Å²) in [5.74, 6) is 0. The molecule has 0 N–H and O–H groups in total. The van der Waals surface area contributed by atoms with E-state index < -0.39 is 0 Å². The fourth-order valence-corrected chi connectivity index (χ4v) is 3.15. The van der Waals surface area contributed by atoms with Crippen molar-refractivity contribution in [2.24, 2.45) is 0 Å². The van der Waals surface area contributed by atoms with E-state index in [1.807, 2.05) is 0 Å². The first-order valence-electron chi connectivity index (χ1n) is 2.83. The van der Waals surface area contributed by atoms with E-state index in [1.54, 1.807) is 0 Å². The van der Waals surface area contributed by atoms with Gasteiger partial charge in [-0.3, -0.25) is 0 Å². The zero-order chi connectivity index (χ0) is 6.91. The summed E-state index contributed by atoms with van der Waals surface area (Å²) in [5, 5.41) is 0. The van der Waals surface area contributed by atoms with Gasteiger partial charge >= 0.3 is 0 Å². The molecule has 0 aromatic rings. The van der Waals surface area contributed by atoms with Crippen LogP contribution in [0.2, 0.25) is 0 Å². The second-order valence-electron chi connectivity index (χ2n) is 2.43. The highest BCUT2D eigenvalue weighted by molar-refractivity contribution is 14.1. The van der Waals surface area contributed by atoms with Gasteiger partial charge in [-0.15, -0.1) is 0 Å². The molecule has 0 spiro atoms. The summed E-state index contributed by atoms with van der Waals surface area (Å²) in [6.07, 6.45) is 7.74. The van der Waals surface area contributed by atoms with Crippen molar-refractivity contribution in [1.82, 2.24) is 0 Å². The van der Waals surface area contributed by atoms with Crippen molar-refractivity contribution in [3.05, 3.63) is 21.8 Å². The first-order valence-corrected chi connectivity index (χ1v) is 4.99. The minimum absolute atomic E-state index is 0.364. The van der Waals surface area contributed by atoms with Crippen LogP contribution in [0.15, 0.2) is 21.8 Å². The molecule has 0 fully saturated rings. The van der Waals surface area contributed by atoms with Crippen LogP contribution in [0.25, 0.3) is 0 Å². The van der Waals surface area contributed by atoms with Crippen LogP contribution in [-0.4, -0.2) is 3.42 Å². The maximum atomic E-state index is 2.47. The molecular weight excluding hydrogens is 338 g/mol. The van der Waals surface area contributed by atoms with Crippen LogP contribution >= 0.6 is 45.2 Å². The van der Waals surface area contributed by atoms with Crippen LogP contribution in [0.3, 0.4) is 0 Å². The van der Waals surface area contributed by atoms with Crippen molar-refractivity contribution in [1.29, 1.82) is 0 Å². The molecule has 50 valence electrons. The highest BCUT2D eigenvalue weighted by Crippen LogP contribution is 2.33. The summed E-state index contributed by atoms with van der Waals surface area (Å²) in [5.41, 5.74) is 0. The molecular formula is C7H8I2. The van der Waals surface area contributed by atoms with Gasteiger partial charge in [-0.25, -0.2) is 0 Å². The van der Waals surface area contributed by atoms with Crippen molar-refractivity contribution in [3.63, 3.8) is 0 Å². The van der Waals surface area contributed by atoms with E-state index in [0.717, 1.165) is 0 Å². The molecule has 2 heteroatoms. The van der Waals surface area contributed by atoms with Gasteiger partial charge in [0.25, 0.3) is 0 Å². The Morgan fingerprint density at radius 2 is 2.33 bits per heavy atom. The van der Waals surface area contributed by atoms with Gasteiger partial charge in [-0.1, -0.05) is 40.8 Å². The summed E-state index contributed by atoms with van der Waals surface area (Å²) >= 11 is 4.86. The molecule has 1 aliphatic carbocycles. The predicted octanol–water partition coefficient (Wildman–Crippen LogP) is 3.46. The number of alkyl halides is 1. The molecule has 0 saturated heterocycles. The number of rotatable bonds is 0. The molecule has 0 bridgehead atoms. The van der Waals surface area contributed by atoms with Crippen LogP contribution in [0.4, 0.5) is 0 Å². The van der Waals surface area contributed by atoms with Crippen molar-refractivity contribution < 1.29 is 0 Å². The third kappa shape index (κ3) is 2.57. The lowest BCUT2D eigenvalue weighted by molar-refractivity contribution is 0.832. The van der Waals surface area contributed by atoms with Crippen molar-refractivity contribution in [2.45, 2.75) is 16.8 Å². The lowest BCUT2D eigenvalue weighted by atomic mass is 10.0. The minimum atomic E-state index is 0.364. The Morgan fingerprint density at radius 1 is 1.67 bits per heavy atom. The SMILES string of the molecule is CC1(I)C=CC=C(I)C1. The highest BCUT2D eigenvalue weighted by atomic mass is 127. The standard InChI is InChI=1S/C7H8I2/c1-7(9)4-2-3-6(8)5-7/h2-4H,5H2,1H3. The zero-order valence-corrected chi connectivity index (χ0v) is 9.51. The average molecular weight is 346 g/mol. The van der Waals surface area contributed by atoms with Crippen LogP contribution in [0.1, 0.15) is 13.3 Å². The number of allylic oxidation sites excluding steroid dienone is 4. The Labute approximate surface area is 83.1 Å². The average Bonchev–Trinajstić information content (AvgIpc) is 1.60. The summed E-state index contributed by atoms with van der Waals surface area (Å²) in [6.45, 7) is 2.25. The van der Waals surface area contributed by atoms with Gasteiger partial charge in [0.1, 0.15) is 0 Å². The van der Waals surface area contributed by atoms with E-state index in [1.165, 1.54) is 10.0 Å². The van der Waals surface area contributed by atoms with Crippen LogP contribution in [0.5, 0.6) is 0 Å². The molecule has 0 heterocycles. The topological polar surface area (TPSA) is 0 Å². The van der Waals surface area contributed by atoms with Gasteiger partial charge in [0.15, 0.2) is 0 Å². The maximum Gasteiger partial charge on any atom is 0.0420 e. The van der Waals surface area contributed by atoms with Gasteiger partial charge < -0.3 is 0 Å². The molecule has 0 saturated carbocycles. The van der Waals surface area contributed by atoms with Gasteiger partial charge in [-0.05, 0) is 39.5 Å². The summed E-state index contributed by atoms with van der Waals surface area (Å²) < 4.78 is 1.82. The van der Waals surface area contributed by atoms with E-state index in [2.05, 4.69) is 70.3 Å². The van der Waals surface area contributed by atoms with Gasteiger partial charge in [0.05, 0.1) is 0 Å². The molecule has 1 rings (SSSR count). The Balaban J connectivity index is 2.73. The Bertz CT molecular complexity index is 166. The third-order valence-electron chi connectivity index (χ3n) is 1.24. The number of hydrogen-bond acceptors (Lipinski definition) is 0. The van der Waals surface area contributed by atoms with Gasteiger partial charge in [-0.2, -0.15) is 0 Å². The molecule has 0 aliphatic heterocycles. The highest BCUT2D eigenvalue weighted by Gasteiger charge is 2.18. The first kappa shape index (κ1) is 8.04. The van der Waals surface area contributed by atoms with Crippen LogP contribution in [0, 0.1) is 0 Å². The number of hydrogen-bond donors (Lipinski definition) is 0.